The van der Waals surface area contributed by atoms with Gasteiger partial charge >= 0.3 is 0 Å². The highest BCUT2D eigenvalue weighted by Gasteiger charge is 2.39. The Kier molecular flexibility index (Phi) is 3.03. The predicted octanol–water partition coefficient (Wildman–Crippen LogP) is -2.62. The van der Waals surface area contributed by atoms with Crippen molar-refractivity contribution in [1.29, 1.82) is 0 Å². The summed E-state index contributed by atoms with van der Waals surface area (Å²) in [4.78, 5) is 1.63. The van der Waals surface area contributed by atoms with E-state index in [1.807, 2.05) is 0 Å². The van der Waals surface area contributed by atoms with Gasteiger partial charge in [0.2, 0.25) is 0 Å². The molecule has 2 unspecified atom stereocenters. The van der Waals surface area contributed by atoms with Crippen molar-refractivity contribution in [2.24, 2.45) is 0 Å². The molecule has 1 aliphatic heterocycles. The van der Waals surface area contributed by atoms with E-state index in [0.29, 0.717) is 0 Å². The zero-order valence-corrected chi connectivity index (χ0v) is 6.96. The number of rotatable bonds is 1. The van der Waals surface area contributed by atoms with Crippen molar-refractivity contribution in [3.63, 3.8) is 0 Å². The van der Waals surface area contributed by atoms with Gasteiger partial charge in [0, 0.05) is 6.54 Å². The van der Waals surface area contributed by atoms with E-state index in [0.717, 1.165) is 0 Å². The highest BCUT2D eigenvalue weighted by atomic mass is 16.4. The molecule has 1 saturated heterocycles. The van der Waals surface area contributed by atoms with Crippen molar-refractivity contribution in [2.75, 3.05) is 20.2 Å². The molecule has 1 heterocycles. The van der Waals surface area contributed by atoms with Crippen molar-refractivity contribution in [1.82, 2.24) is 4.90 Å². The Morgan fingerprint density at radius 3 is 2.33 bits per heavy atom. The lowest BCUT2D eigenvalue weighted by Crippen LogP contribution is -2.61. The largest absolute Gasteiger partial charge is 0.395 e. The van der Waals surface area contributed by atoms with Crippen LogP contribution in [0.5, 0.6) is 0 Å². The standard InChI is InChI=1S/C7H15NO4/c1-8-2-5(10)7(12)6(11)4(8)3-9/h4-7,9-12H,2-3H2,1H3/t4-,5?,6-,7?/m1/s1. The minimum absolute atomic E-state index is 0.221. The van der Waals surface area contributed by atoms with Crippen LogP contribution in [-0.2, 0) is 0 Å². The summed E-state index contributed by atoms with van der Waals surface area (Å²) >= 11 is 0. The second-order valence-electron chi connectivity index (χ2n) is 3.24. The van der Waals surface area contributed by atoms with Gasteiger partial charge in [-0.15, -0.1) is 0 Å². The summed E-state index contributed by atoms with van der Waals surface area (Å²) in [6.07, 6.45) is -3.17. The molecule has 12 heavy (non-hydrogen) atoms. The molecule has 0 amide bonds. The highest BCUT2D eigenvalue weighted by molar-refractivity contribution is 4.92. The Morgan fingerprint density at radius 2 is 1.83 bits per heavy atom. The van der Waals surface area contributed by atoms with E-state index in [4.69, 9.17) is 5.11 Å². The zero-order chi connectivity index (χ0) is 9.30. The van der Waals surface area contributed by atoms with Crippen molar-refractivity contribution in [3.8, 4) is 0 Å². The fraction of sp³-hybridized carbons (Fsp3) is 1.00. The van der Waals surface area contributed by atoms with E-state index in [1.54, 1.807) is 11.9 Å². The number of hydrogen-bond acceptors (Lipinski definition) is 5. The lowest BCUT2D eigenvalue weighted by molar-refractivity contribution is -0.138. The molecule has 0 bridgehead atoms. The normalized spacial score (nSPS) is 44.8. The number of aliphatic hydroxyl groups excluding tert-OH is 4. The van der Waals surface area contributed by atoms with Crippen LogP contribution in [0.3, 0.4) is 0 Å². The number of likely N-dealkylation sites (tertiary alicyclic amines) is 1. The maximum atomic E-state index is 9.37. The molecule has 4 atom stereocenters. The average Bonchev–Trinajstić information content (AvgIpc) is 2.01. The Labute approximate surface area is 70.9 Å². The Bertz CT molecular complexity index is 154. The van der Waals surface area contributed by atoms with Gasteiger partial charge in [-0.1, -0.05) is 0 Å². The van der Waals surface area contributed by atoms with Gasteiger partial charge in [0.15, 0.2) is 0 Å². The SMILES string of the molecule is CN1CC(O)C(O)[C@H](O)[C@H]1CO. The van der Waals surface area contributed by atoms with Gasteiger partial charge in [0.1, 0.15) is 12.2 Å². The summed E-state index contributed by atoms with van der Waals surface area (Å²) in [5, 5.41) is 36.6. The molecule has 0 aromatic carbocycles. The van der Waals surface area contributed by atoms with Gasteiger partial charge in [-0.3, -0.25) is 4.90 Å². The smallest absolute Gasteiger partial charge is 0.109 e. The Hall–Kier alpha value is -0.200. The second kappa shape index (κ2) is 3.68. The van der Waals surface area contributed by atoms with E-state index < -0.39 is 24.4 Å². The van der Waals surface area contributed by atoms with E-state index in [2.05, 4.69) is 0 Å². The zero-order valence-electron chi connectivity index (χ0n) is 6.96. The lowest BCUT2D eigenvalue weighted by Gasteiger charge is -2.40. The number of hydrogen-bond donors (Lipinski definition) is 4. The van der Waals surface area contributed by atoms with Crippen molar-refractivity contribution < 1.29 is 20.4 Å². The third-order valence-corrected chi connectivity index (χ3v) is 2.37. The molecule has 4 N–H and O–H groups in total. The first kappa shape index (κ1) is 9.88. The van der Waals surface area contributed by atoms with Gasteiger partial charge in [-0.05, 0) is 7.05 Å². The van der Waals surface area contributed by atoms with Crippen molar-refractivity contribution >= 4 is 0 Å². The molecule has 1 aliphatic rings. The Morgan fingerprint density at radius 1 is 1.25 bits per heavy atom. The monoisotopic (exact) mass is 177 g/mol. The Balaban J connectivity index is 2.65. The highest BCUT2D eigenvalue weighted by Crippen LogP contribution is 2.16. The van der Waals surface area contributed by atoms with E-state index in [-0.39, 0.29) is 13.2 Å². The van der Waals surface area contributed by atoms with Gasteiger partial charge in [-0.2, -0.15) is 0 Å². The van der Waals surface area contributed by atoms with Crippen LogP contribution in [0.2, 0.25) is 0 Å². The lowest BCUT2D eigenvalue weighted by atomic mass is 9.95. The van der Waals surface area contributed by atoms with Crippen LogP contribution in [0, 0.1) is 0 Å². The molecule has 0 aromatic heterocycles. The molecule has 1 rings (SSSR count). The molecular weight excluding hydrogens is 162 g/mol. The van der Waals surface area contributed by atoms with Crippen LogP contribution in [0.25, 0.3) is 0 Å². The summed E-state index contributed by atoms with van der Waals surface area (Å²) in [6, 6.07) is -0.483. The first-order valence-corrected chi connectivity index (χ1v) is 3.93. The summed E-state index contributed by atoms with van der Waals surface area (Å²) in [7, 11) is 1.68. The number of nitrogens with zero attached hydrogens (tertiary/aromatic N) is 1. The maximum absolute atomic E-state index is 9.37. The summed E-state index contributed by atoms with van der Waals surface area (Å²) < 4.78 is 0. The van der Waals surface area contributed by atoms with Crippen LogP contribution < -0.4 is 0 Å². The first-order valence-electron chi connectivity index (χ1n) is 3.93. The molecule has 5 nitrogen and oxygen atoms in total. The summed E-state index contributed by atoms with van der Waals surface area (Å²) in [5.41, 5.74) is 0. The van der Waals surface area contributed by atoms with Crippen LogP contribution in [0.15, 0.2) is 0 Å². The van der Waals surface area contributed by atoms with Gasteiger partial charge in [0.05, 0.1) is 18.8 Å². The molecule has 5 heteroatoms. The second-order valence-corrected chi connectivity index (χ2v) is 3.24. The number of aliphatic hydroxyl groups is 4. The quantitative estimate of drug-likeness (QED) is 0.352. The van der Waals surface area contributed by atoms with E-state index >= 15 is 0 Å². The number of piperidine rings is 1. The van der Waals surface area contributed by atoms with E-state index in [1.165, 1.54) is 0 Å². The molecule has 0 saturated carbocycles. The number of β-amino-alcohol motifs (C(OH)–C–C–N with tert-alkyl or cyclic N) is 1. The topological polar surface area (TPSA) is 84.2 Å². The molecule has 0 aliphatic carbocycles. The molecule has 0 aromatic rings. The first-order chi connectivity index (χ1) is 5.57. The number of likely N-dealkylation sites (N-methyl/N-ethyl adjacent to an activating group) is 1. The van der Waals surface area contributed by atoms with Crippen LogP contribution >= 0.6 is 0 Å². The molecule has 0 radical (unpaired) electrons. The molecule has 0 spiro atoms. The maximum Gasteiger partial charge on any atom is 0.109 e. The third kappa shape index (κ3) is 1.60. The van der Waals surface area contributed by atoms with Gasteiger partial charge < -0.3 is 20.4 Å². The summed E-state index contributed by atoms with van der Waals surface area (Å²) in [5.74, 6) is 0. The minimum Gasteiger partial charge on any atom is -0.395 e. The van der Waals surface area contributed by atoms with Crippen molar-refractivity contribution in [3.05, 3.63) is 0 Å². The minimum atomic E-state index is -1.15. The summed E-state index contributed by atoms with van der Waals surface area (Å²) in [6.45, 7) is 0.0465. The van der Waals surface area contributed by atoms with Gasteiger partial charge in [0.25, 0.3) is 0 Å². The van der Waals surface area contributed by atoms with Crippen LogP contribution in [0.1, 0.15) is 0 Å². The molecular formula is C7H15NO4. The third-order valence-electron chi connectivity index (χ3n) is 2.37. The fourth-order valence-corrected chi connectivity index (χ4v) is 1.50. The molecule has 72 valence electrons. The molecule has 1 fully saturated rings. The average molecular weight is 177 g/mol. The van der Waals surface area contributed by atoms with Gasteiger partial charge in [-0.25, -0.2) is 0 Å². The van der Waals surface area contributed by atoms with E-state index in [9.17, 15) is 15.3 Å². The predicted molar refractivity (Wildman–Crippen MR) is 41.5 cm³/mol. The van der Waals surface area contributed by atoms with Crippen LogP contribution in [0.4, 0.5) is 0 Å². The van der Waals surface area contributed by atoms with Crippen LogP contribution in [-0.4, -0.2) is 69.9 Å². The van der Waals surface area contributed by atoms with Crippen molar-refractivity contribution in [2.45, 2.75) is 24.4 Å². The fourth-order valence-electron chi connectivity index (χ4n) is 1.50.